The molecule has 2 rings (SSSR count). The molecule has 0 saturated heterocycles. The van der Waals surface area contributed by atoms with Crippen LogP contribution in [0.25, 0.3) is 0 Å². The quantitative estimate of drug-likeness (QED) is 0.820. The molecule has 1 atom stereocenters. The summed E-state index contributed by atoms with van der Waals surface area (Å²) in [6.45, 7) is 5.75. The van der Waals surface area contributed by atoms with Gasteiger partial charge in [-0.1, -0.05) is 19.8 Å². The average Bonchev–Trinajstić information content (AvgIpc) is 3.16. The molecule has 0 aliphatic heterocycles. The van der Waals surface area contributed by atoms with Crippen LogP contribution < -0.4 is 5.32 Å². The van der Waals surface area contributed by atoms with Crippen molar-refractivity contribution in [1.29, 1.82) is 0 Å². The van der Waals surface area contributed by atoms with Gasteiger partial charge >= 0.3 is 6.03 Å². The van der Waals surface area contributed by atoms with Crippen LogP contribution in [0.5, 0.6) is 0 Å². The fourth-order valence-corrected chi connectivity index (χ4v) is 4.21. The topological polar surface area (TPSA) is 35.6 Å². The molecule has 1 saturated carbocycles. The van der Waals surface area contributed by atoms with E-state index in [9.17, 15) is 4.79 Å². The molecule has 0 spiro atoms. The molecule has 4 nitrogen and oxygen atoms in total. The second kappa shape index (κ2) is 8.69. The van der Waals surface area contributed by atoms with Crippen LogP contribution in [0, 0.1) is 6.92 Å². The third kappa shape index (κ3) is 5.21. The fourth-order valence-electron chi connectivity index (χ4n) is 3.32. The van der Waals surface area contributed by atoms with E-state index < -0.39 is 0 Å². The summed E-state index contributed by atoms with van der Waals surface area (Å²) in [5.74, 6) is 0. The molecule has 1 unspecified atom stereocenters. The van der Waals surface area contributed by atoms with Gasteiger partial charge in [0.05, 0.1) is 6.54 Å². The first-order chi connectivity index (χ1) is 11.0. The summed E-state index contributed by atoms with van der Waals surface area (Å²) in [5.41, 5.74) is 0. The average molecular weight is 338 g/mol. The number of carbonyl (C=O) groups is 1. The molecule has 1 aromatic rings. The van der Waals surface area contributed by atoms with Gasteiger partial charge in [0.15, 0.2) is 0 Å². The Morgan fingerprint density at radius 1 is 1.35 bits per heavy atom. The number of carbonyl (C=O) groups excluding carboxylic acids is 1. The molecule has 1 aliphatic carbocycles. The SMILES string of the molecule is CCC(CNC(=O)N(Cc1ccc(C)s1)C1CCCC1)N(C)C. The van der Waals surface area contributed by atoms with Crippen molar-refractivity contribution in [1.82, 2.24) is 15.1 Å². The van der Waals surface area contributed by atoms with E-state index in [1.807, 2.05) is 0 Å². The number of likely N-dealkylation sites (N-methyl/N-ethyl adjacent to an activating group) is 1. The lowest BCUT2D eigenvalue weighted by atomic mass is 10.2. The van der Waals surface area contributed by atoms with E-state index in [1.165, 1.54) is 22.6 Å². The van der Waals surface area contributed by atoms with Crippen LogP contribution in [0.15, 0.2) is 12.1 Å². The molecule has 23 heavy (non-hydrogen) atoms. The van der Waals surface area contributed by atoms with E-state index in [4.69, 9.17) is 0 Å². The van der Waals surface area contributed by atoms with E-state index in [1.54, 1.807) is 11.3 Å². The van der Waals surface area contributed by atoms with Gasteiger partial charge in [-0.2, -0.15) is 0 Å². The summed E-state index contributed by atoms with van der Waals surface area (Å²) in [6, 6.07) is 5.20. The second-order valence-electron chi connectivity index (χ2n) is 6.79. The highest BCUT2D eigenvalue weighted by atomic mass is 32.1. The monoisotopic (exact) mass is 337 g/mol. The number of amides is 2. The molecule has 1 N–H and O–H groups in total. The predicted molar refractivity (Wildman–Crippen MR) is 98.0 cm³/mol. The zero-order valence-corrected chi connectivity index (χ0v) is 15.8. The number of thiophene rings is 1. The van der Waals surface area contributed by atoms with Gasteiger partial charge in [0.2, 0.25) is 0 Å². The largest absolute Gasteiger partial charge is 0.336 e. The maximum Gasteiger partial charge on any atom is 0.318 e. The van der Waals surface area contributed by atoms with Crippen molar-refractivity contribution in [2.24, 2.45) is 0 Å². The van der Waals surface area contributed by atoms with Gasteiger partial charge in [-0.15, -0.1) is 11.3 Å². The Kier molecular flexibility index (Phi) is 6.90. The van der Waals surface area contributed by atoms with Crippen LogP contribution in [0.1, 0.15) is 48.8 Å². The van der Waals surface area contributed by atoms with E-state index in [2.05, 4.69) is 55.2 Å². The molecule has 1 aromatic heterocycles. The summed E-state index contributed by atoms with van der Waals surface area (Å²) in [6.07, 6.45) is 5.81. The van der Waals surface area contributed by atoms with Gasteiger partial charge in [-0.25, -0.2) is 4.79 Å². The lowest BCUT2D eigenvalue weighted by Gasteiger charge is -2.30. The number of hydrogen-bond donors (Lipinski definition) is 1. The highest BCUT2D eigenvalue weighted by Crippen LogP contribution is 2.26. The lowest BCUT2D eigenvalue weighted by Crippen LogP contribution is -2.48. The highest BCUT2D eigenvalue weighted by Gasteiger charge is 2.27. The van der Waals surface area contributed by atoms with Gasteiger partial charge in [0, 0.05) is 28.4 Å². The van der Waals surface area contributed by atoms with E-state index in [0.29, 0.717) is 12.1 Å². The Morgan fingerprint density at radius 2 is 2.04 bits per heavy atom. The predicted octanol–water partition coefficient (Wildman–Crippen LogP) is 3.85. The first-order valence-corrected chi connectivity index (χ1v) is 9.59. The molecular formula is C18H31N3OS. The highest BCUT2D eigenvalue weighted by molar-refractivity contribution is 7.11. The van der Waals surface area contributed by atoms with Crippen LogP contribution in [-0.2, 0) is 6.54 Å². The Hall–Kier alpha value is -1.07. The minimum Gasteiger partial charge on any atom is -0.336 e. The van der Waals surface area contributed by atoms with Crippen molar-refractivity contribution in [2.45, 2.75) is 64.6 Å². The second-order valence-corrected chi connectivity index (χ2v) is 8.16. The molecular weight excluding hydrogens is 306 g/mol. The number of rotatable bonds is 7. The van der Waals surface area contributed by atoms with Crippen LogP contribution in [-0.4, -0.2) is 48.6 Å². The maximum absolute atomic E-state index is 12.8. The first-order valence-electron chi connectivity index (χ1n) is 8.77. The number of aryl methyl sites for hydroxylation is 1. The third-order valence-corrected chi connectivity index (χ3v) is 5.82. The minimum atomic E-state index is 0.100. The Bertz CT molecular complexity index is 494. The van der Waals surface area contributed by atoms with Crippen LogP contribution >= 0.6 is 11.3 Å². The van der Waals surface area contributed by atoms with E-state index in [-0.39, 0.29) is 6.03 Å². The molecule has 0 radical (unpaired) electrons. The van der Waals surface area contributed by atoms with Crippen molar-refractivity contribution in [2.75, 3.05) is 20.6 Å². The molecule has 1 heterocycles. The Morgan fingerprint density at radius 3 is 2.57 bits per heavy atom. The molecule has 0 aromatic carbocycles. The third-order valence-electron chi connectivity index (χ3n) is 4.84. The van der Waals surface area contributed by atoms with Crippen molar-refractivity contribution in [3.8, 4) is 0 Å². The number of nitrogens with zero attached hydrogens (tertiary/aromatic N) is 2. The van der Waals surface area contributed by atoms with Gasteiger partial charge < -0.3 is 15.1 Å². The van der Waals surface area contributed by atoms with Crippen LogP contribution in [0.3, 0.4) is 0 Å². The number of hydrogen-bond acceptors (Lipinski definition) is 3. The minimum absolute atomic E-state index is 0.100. The van der Waals surface area contributed by atoms with Crippen molar-refractivity contribution in [3.63, 3.8) is 0 Å². The van der Waals surface area contributed by atoms with Gasteiger partial charge in [0.25, 0.3) is 0 Å². The Balaban J connectivity index is 1.99. The van der Waals surface area contributed by atoms with E-state index >= 15 is 0 Å². The zero-order valence-electron chi connectivity index (χ0n) is 15.0. The maximum atomic E-state index is 12.8. The standard InChI is InChI=1S/C18H31N3OS/c1-5-15(20(3)4)12-19-18(22)21(16-8-6-7-9-16)13-17-11-10-14(2)23-17/h10-11,15-16H,5-9,12-13H2,1-4H3,(H,19,22). The summed E-state index contributed by atoms with van der Waals surface area (Å²) in [5, 5.41) is 3.17. The number of nitrogens with one attached hydrogen (secondary N) is 1. The molecule has 130 valence electrons. The van der Waals surface area contributed by atoms with Crippen molar-refractivity contribution >= 4 is 17.4 Å². The summed E-state index contributed by atoms with van der Waals surface area (Å²) in [4.78, 5) is 19.6. The van der Waals surface area contributed by atoms with E-state index in [0.717, 1.165) is 32.4 Å². The first kappa shape index (κ1) is 18.3. The van der Waals surface area contributed by atoms with Crippen LogP contribution in [0.2, 0.25) is 0 Å². The van der Waals surface area contributed by atoms with Crippen molar-refractivity contribution < 1.29 is 4.79 Å². The zero-order chi connectivity index (χ0) is 16.8. The fraction of sp³-hybridized carbons (Fsp3) is 0.722. The van der Waals surface area contributed by atoms with Gasteiger partial charge in [-0.05, 0) is 52.4 Å². The summed E-state index contributed by atoms with van der Waals surface area (Å²) in [7, 11) is 4.15. The van der Waals surface area contributed by atoms with Gasteiger partial charge in [-0.3, -0.25) is 0 Å². The van der Waals surface area contributed by atoms with Gasteiger partial charge in [0.1, 0.15) is 0 Å². The lowest BCUT2D eigenvalue weighted by molar-refractivity contribution is 0.167. The molecule has 5 heteroatoms. The molecule has 2 amide bonds. The summed E-state index contributed by atoms with van der Waals surface area (Å²) < 4.78 is 0. The number of urea groups is 1. The summed E-state index contributed by atoms with van der Waals surface area (Å²) >= 11 is 1.80. The van der Waals surface area contributed by atoms with Crippen molar-refractivity contribution in [3.05, 3.63) is 21.9 Å². The normalized spacial score (nSPS) is 16.7. The smallest absolute Gasteiger partial charge is 0.318 e. The molecule has 1 fully saturated rings. The molecule has 1 aliphatic rings. The Labute approximate surface area is 144 Å². The van der Waals surface area contributed by atoms with Crippen LogP contribution in [0.4, 0.5) is 4.79 Å². The molecule has 0 bridgehead atoms.